The van der Waals surface area contributed by atoms with Crippen LogP contribution in [-0.4, -0.2) is 44.0 Å². The van der Waals surface area contributed by atoms with Gasteiger partial charge in [0.15, 0.2) is 0 Å². The maximum absolute atomic E-state index is 12.5. The highest BCUT2D eigenvalue weighted by Gasteiger charge is 2.36. The van der Waals surface area contributed by atoms with Crippen molar-refractivity contribution in [3.8, 4) is 11.6 Å². The van der Waals surface area contributed by atoms with E-state index in [-0.39, 0.29) is 11.8 Å². The molecule has 3 aromatic rings. The zero-order chi connectivity index (χ0) is 17.4. The highest BCUT2D eigenvalue weighted by molar-refractivity contribution is 6.35. The summed E-state index contributed by atoms with van der Waals surface area (Å²) in [5.41, 5.74) is 0.458. The summed E-state index contributed by atoms with van der Waals surface area (Å²) in [6.07, 6.45) is 3.22. The minimum absolute atomic E-state index is 0.0106. The van der Waals surface area contributed by atoms with Gasteiger partial charge in [0.1, 0.15) is 0 Å². The Hall–Kier alpha value is -2.51. The number of carbonyl (C=O) groups is 1. The van der Waals surface area contributed by atoms with E-state index in [1.807, 2.05) is 0 Å². The number of carbonyl (C=O) groups excluding carboxylic acids is 1. The van der Waals surface area contributed by atoms with E-state index in [9.17, 15) is 4.79 Å². The zero-order valence-corrected chi connectivity index (χ0v) is 14.3. The van der Waals surface area contributed by atoms with Crippen molar-refractivity contribution < 1.29 is 9.32 Å². The summed E-state index contributed by atoms with van der Waals surface area (Å²) >= 11 is 11.9. The molecule has 0 saturated carbocycles. The van der Waals surface area contributed by atoms with Gasteiger partial charge >= 0.3 is 0 Å². The molecule has 0 spiro atoms. The van der Waals surface area contributed by atoms with Gasteiger partial charge in [0, 0.05) is 41.1 Å². The third-order valence-corrected chi connectivity index (χ3v) is 4.27. The lowest BCUT2D eigenvalue weighted by molar-refractivity contribution is 0.0569. The quantitative estimate of drug-likeness (QED) is 0.699. The SMILES string of the molecule is O=C(c1cc(Cl)cc(Cl)c1)N1CC(c2nc(-c3ncccn3)no2)C1. The number of likely N-dealkylation sites (tertiary alicyclic amines) is 1. The largest absolute Gasteiger partial charge is 0.338 e. The van der Waals surface area contributed by atoms with Crippen molar-refractivity contribution in [1.82, 2.24) is 25.0 Å². The van der Waals surface area contributed by atoms with Gasteiger partial charge in [0.05, 0.1) is 5.92 Å². The first kappa shape index (κ1) is 16.0. The average molecular weight is 376 g/mol. The third kappa shape index (κ3) is 3.20. The van der Waals surface area contributed by atoms with E-state index >= 15 is 0 Å². The minimum Gasteiger partial charge on any atom is -0.338 e. The highest BCUT2D eigenvalue weighted by Crippen LogP contribution is 2.29. The predicted molar refractivity (Wildman–Crippen MR) is 90.4 cm³/mol. The minimum atomic E-state index is -0.133. The molecule has 1 aliphatic rings. The molecule has 3 heterocycles. The molecule has 1 amide bonds. The Balaban J connectivity index is 1.44. The molecule has 0 radical (unpaired) electrons. The Bertz CT molecular complexity index is 905. The lowest BCUT2D eigenvalue weighted by Crippen LogP contribution is -2.48. The molecule has 0 aliphatic carbocycles. The topological polar surface area (TPSA) is 85.0 Å². The van der Waals surface area contributed by atoms with Crippen molar-refractivity contribution in [3.63, 3.8) is 0 Å². The first-order valence-corrected chi connectivity index (χ1v) is 8.22. The Morgan fingerprint density at radius 1 is 1.08 bits per heavy atom. The number of rotatable bonds is 3. The van der Waals surface area contributed by atoms with E-state index in [2.05, 4.69) is 20.1 Å². The Labute approximate surface area is 152 Å². The van der Waals surface area contributed by atoms with E-state index < -0.39 is 0 Å². The van der Waals surface area contributed by atoms with Crippen LogP contribution in [0.15, 0.2) is 41.2 Å². The van der Waals surface area contributed by atoms with Crippen molar-refractivity contribution in [2.24, 2.45) is 0 Å². The number of amides is 1. The second-order valence-corrected chi connectivity index (χ2v) is 6.47. The van der Waals surface area contributed by atoms with E-state index in [0.29, 0.717) is 46.2 Å². The van der Waals surface area contributed by atoms with E-state index in [4.69, 9.17) is 27.7 Å². The first-order chi connectivity index (χ1) is 12.1. The van der Waals surface area contributed by atoms with Crippen LogP contribution in [0.2, 0.25) is 10.0 Å². The first-order valence-electron chi connectivity index (χ1n) is 7.46. The third-order valence-electron chi connectivity index (χ3n) is 3.84. The molecule has 0 atom stereocenters. The zero-order valence-electron chi connectivity index (χ0n) is 12.8. The smallest absolute Gasteiger partial charge is 0.254 e. The van der Waals surface area contributed by atoms with Gasteiger partial charge in [-0.1, -0.05) is 28.4 Å². The van der Waals surface area contributed by atoms with Crippen LogP contribution in [0.4, 0.5) is 0 Å². The van der Waals surface area contributed by atoms with Crippen LogP contribution in [0.3, 0.4) is 0 Å². The lowest BCUT2D eigenvalue weighted by Gasteiger charge is -2.37. The van der Waals surface area contributed by atoms with Crippen LogP contribution in [-0.2, 0) is 0 Å². The molecule has 126 valence electrons. The summed E-state index contributed by atoms with van der Waals surface area (Å²) in [4.78, 5) is 26.6. The molecule has 2 aromatic heterocycles. The summed E-state index contributed by atoms with van der Waals surface area (Å²) in [7, 11) is 0. The number of halogens is 2. The van der Waals surface area contributed by atoms with Gasteiger partial charge in [-0.05, 0) is 24.3 Å². The molecule has 7 nitrogen and oxygen atoms in total. The lowest BCUT2D eigenvalue weighted by atomic mass is 9.99. The number of hydrogen-bond donors (Lipinski definition) is 0. The molecule has 1 fully saturated rings. The van der Waals surface area contributed by atoms with Crippen molar-refractivity contribution in [3.05, 3.63) is 58.2 Å². The second-order valence-electron chi connectivity index (χ2n) is 5.59. The van der Waals surface area contributed by atoms with E-state index in [0.717, 1.165) is 0 Å². The maximum Gasteiger partial charge on any atom is 0.254 e. The fourth-order valence-corrected chi connectivity index (χ4v) is 3.09. The second kappa shape index (κ2) is 6.42. The van der Waals surface area contributed by atoms with Gasteiger partial charge in [-0.25, -0.2) is 9.97 Å². The van der Waals surface area contributed by atoms with Crippen molar-refractivity contribution in [2.45, 2.75) is 5.92 Å². The molecule has 0 N–H and O–H groups in total. The molecule has 9 heteroatoms. The fourth-order valence-electron chi connectivity index (χ4n) is 2.57. The van der Waals surface area contributed by atoms with Crippen LogP contribution in [0, 0.1) is 0 Å². The summed E-state index contributed by atoms with van der Waals surface area (Å²) in [6.45, 7) is 0.973. The molecule has 25 heavy (non-hydrogen) atoms. The van der Waals surface area contributed by atoms with Crippen LogP contribution >= 0.6 is 23.2 Å². The van der Waals surface area contributed by atoms with Gasteiger partial charge in [-0.3, -0.25) is 4.79 Å². The van der Waals surface area contributed by atoms with Gasteiger partial charge in [0.2, 0.25) is 17.5 Å². The molecule has 1 aromatic carbocycles. The number of nitrogens with zero attached hydrogens (tertiary/aromatic N) is 5. The number of hydrogen-bond acceptors (Lipinski definition) is 6. The summed E-state index contributed by atoms with van der Waals surface area (Å²) in [6, 6.07) is 6.49. The van der Waals surface area contributed by atoms with Crippen LogP contribution in [0.5, 0.6) is 0 Å². The van der Waals surface area contributed by atoms with Crippen LogP contribution in [0.1, 0.15) is 22.2 Å². The molecular formula is C16H11Cl2N5O2. The van der Waals surface area contributed by atoms with Crippen molar-refractivity contribution >= 4 is 29.1 Å². The molecular weight excluding hydrogens is 365 g/mol. The molecule has 1 saturated heterocycles. The van der Waals surface area contributed by atoms with E-state index in [1.54, 1.807) is 41.6 Å². The summed E-state index contributed by atoms with van der Waals surface area (Å²) in [5.74, 6) is 1.06. The fraction of sp³-hybridized carbons (Fsp3) is 0.188. The standard InChI is InChI=1S/C16H11Cl2N5O2/c17-11-4-9(5-12(18)6-11)16(24)23-7-10(8-23)15-21-14(22-25-15)13-19-2-1-3-20-13/h1-6,10H,7-8H2. The van der Waals surface area contributed by atoms with Crippen molar-refractivity contribution in [2.75, 3.05) is 13.1 Å². The normalized spacial score (nSPS) is 14.4. The number of aromatic nitrogens is 4. The highest BCUT2D eigenvalue weighted by atomic mass is 35.5. The molecule has 1 aliphatic heterocycles. The Morgan fingerprint density at radius 2 is 1.76 bits per heavy atom. The Kier molecular flexibility index (Phi) is 4.10. The van der Waals surface area contributed by atoms with Gasteiger partial charge in [-0.15, -0.1) is 0 Å². The maximum atomic E-state index is 12.5. The van der Waals surface area contributed by atoms with Gasteiger partial charge in [0.25, 0.3) is 5.91 Å². The van der Waals surface area contributed by atoms with Gasteiger partial charge < -0.3 is 9.42 Å². The monoisotopic (exact) mass is 375 g/mol. The number of benzene rings is 1. The molecule has 0 unspecified atom stereocenters. The predicted octanol–water partition coefficient (Wildman–Crippen LogP) is 3.07. The van der Waals surface area contributed by atoms with Crippen LogP contribution < -0.4 is 0 Å². The van der Waals surface area contributed by atoms with Gasteiger partial charge in [-0.2, -0.15) is 4.98 Å². The molecule has 0 bridgehead atoms. The van der Waals surface area contributed by atoms with Crippen molar-refractivity contribution in [1.29, 1.82) is 0 Å². The van der Waals surface area contributed by atoms with E-state index in [1.165, 1.54) is 0 Å². The average Bonchev–Trinajstić information content (AvgIpc) is 3.03. The van der Waals surface area contributed by atoms with Crippen LogP contribution in [0.25, 0.3) is 11.6 Å². The molecule has 4 rings (SSSR count). The summed E-state index contributed by atoms with van der Waals surface area (Å²) in [5, 5.41) is 4.75. The summed E-state index contributed by atoms with van der Waals surface area (Å²) < 4.78 is 5.27. The Morgan fingerprint density at radius 3 is 2.44 bits per heavy atom.